The Balaban J connectivity index is 1.94. The Morgan fingerprint density at radius 2 is 1.69 bits per heavy atom. The number of nitrogens with one attached hydrogen (secondary N) is 2. The van der Waals surface area contributed by atoms with Gasteiger partial charge in [-0.05, 0) is 37.3 Å². The number of carbonyl (C=O) groups is 3. The van der Waals surface area contributed by atoms with E-state index in [-0.39, 0.29) is 22.2 Å². The summed E-state index contributed by atoms with van der Waals surface area (Å²) in [7, 11) is 1.45. The van der Waals surface area contributed by atoms with Gasteiger partial charge in [0.15, 0.2) is 0 Å². The van der Waals surface area contributed by atoms with E-state index in [0.717, 1.165) is 0 Å². The van der Waals surface area contributed by atoms with Gasteiger partial charge in [-0.15, -0.1) is 0 Å². The average Bonchev–Trinajstić information content (AvgIpc) is 2.65. The van der Waals surface area contributed by atoms with Crippen molar-refractivity contribution in [1.29, 1.82) is 0 Å². The van der Waals surface area contributed by atoms with E-state index in [1.54, 1.807) is 24.3 Å². The van der Waals surface area contributed by atoms with Crippen molar-refractivity contribution < 1.29 is 14.4 Å². The highest BCUT2D eigenvalue weighted by atomic mass is 35.5. The van der Waals surface area contributed by atoms with E-state index in [9.17, 15) is 14.4 Å². The minimum Gasteiger partial charge on any atom is -0.340 e. The van der Waals surface area contributed by atoms with Crippen LogP contribution in [0.25, 0.3) is 0 Å². The molecule has 0 saturated heterocycles. The van der Waals surface area contributed by atoms with Crippen LogP contribution in [0, 0.1) is 0 Å². The minimum absolute atomic E-state index is 0.0978. The van der Waals surface area contributed by atoms with E-state index in [1.807, 2.05) is 0 Å². The number of benzene rings is 2. The third kappa shape index (κ3) is 6.24. The highest BCUT2D eigenvalue weighted by Crippen LogP contribution is 2.26. The second kappa shape index (κ2) is 10.2. The molecular formula is C19H17Cl4N3O3. The zero-order valence-electron chi connectivity index (χ0n) is 15.4. The number of likely N-dealkylation sites (N-methyl/N-ethyl adjacent to an activating group) is 1. The number of hydrogen-bond acceptors (Lipinski definition) is 3. The van der Waals surface area contributed by atoms with Gasteiger partial charge in [0.05, 0.1) is 32.2 Å². The first-order valence-corrected chi connectivity index (χ1v) is 9.86. The third-order valence-corrected chi connectivity index (χ3v) is 5.43. The molecule has 2 rings (SSSR count). The molecule has 0 aromatic heterocycles. The van der Waals surface area contributed by atoms with E-state index in [4.69, 9.17) is 46.4 Å². The van der Waals surface area contributed by atoms with E-state index >= 15 is 0 Å². The molecule has 0 saturated carbocycles. The summed E-state index contributed by atoms with van der Waals surface area (Å²) in [6.07, 6.45) is 0. The lowest BCUT2D eigenvalue weighted by atomic mass is 10.2. The van der Waals surface area contributed by atoms with Gasteiger partial charge in [0, 0.05) is 12.7 Å². The Morgan fingerprint density at radius 1 is 1.00 bits per heavy atom. The number of amides is 3. The Hall–Kier alpha value is -1.99. The average molecular weight is 477 g/mol. The Kier molecular flexibility index (Phi) is 8.16. The molecule has 29 heavy (non-hydrogen) atoms. The van der Waals surface area contributed by atoms with Crippen molar-refractivity contribution in [2.45, 2.75) is 13.0 Å². The fraction of sp³-hybridized carbons (Fsp3) is 0.211. The van der Waals surface area contributed by atoms with Crippen molar-refractivity contribution in [2.24, 2.45) is 0 Å². The summed E-state index contributed by atoms with van der Waals surface area (Å²) in [6.45, 7) is 1.28. The maximum atomic E-state index is 12.5. The lowest BCUT2D eigenvalue weighted by Crippen LogP contribution is -2.47. The number of hydrogen-bond donors (Lipinski definition) is 2. The van der Waals surface area contributed by atoms with Crippen LogP contribution in [-0.2, 0) is 9.59 Å². The largest absolute Gasteiger partial charge is 0.340 e. The van der Waals surface area contributed by atoms with E-state index in [1.165, 1.54) is 31.0 Å². The molecule has 3 amide bonds. The van der Waals surface area contributed by atoms with Gasteiger partial charge in [0.2, 0.25) is 11.8 Å². The van der Waals surface area contributed by atoms with Crippen LogP contribution in [0.2, 0.25) is 20.1 Å². The highest BCUT2D eigenvalue weighted by Gasteiger charge is 2.23. The molecule has 0 aliphatic rings. The summed E-state index contributed by atoms with van der Waals surface area (Å²) >= 11 is 23.7. The van der Waals surface area contributed by atoms with Gasteiger partial charge in [0.1, 0.15) is 6.04 Å². The van der Waals surface area contributed by atoms with Gasteiger partial charge in [-0.3, -0.25) is 14.4 Å². The lowest BCUT2D eigenvalue weighted by molar-refractivity contribution is -0.134. The molecule has 1 unspecified atom stereocenters. The SMILES string of the molecule is CC(NC(=O)c1cccc(Cl)c1Cl)C(=O)N(C)CC(=O)Nc1ccc(Cl)c(Cl)c1. The van der Waals surface area contributed by atoms with E-state index in [0.29, 0.717) is 15.7 Å². The standard InChI is InChI=1S/C19H17Cl4N3O3/c1-10(24-18(28)12-4-3-5-14(21)17(12)23)19(29)26(2)9-16(27)25-11-6-7-13(20)15(22)8-11/h3-8,10H,9H2,1-2H3,(H,24,28)(H,25,27). The summed E-state index contributed by atoms with van der Waals surface area (Å²) in [5.74, 6) is -1.44. The maximum absolute atomic E-state index is 12.5. The van der Waals surface area contributed by atoms with Crippen LogP contribution in [0.3, 0.4) is 0 Å². The number of nitrogens with zero attached hydrogens (tertiary/aromatic N) is 1. The van der Waals surface area contributed by atoms with Crippen molar-refractivity contribution in [3.63, 3.8) is 0 Å². The van der Waals surface area contributed by atoms with Crippen LogP contribution in [0.4, 0.5) is 5.69 Å². The molecule has 2 N–H and O–H groups in total. The summed E-state index contributed by atoms with van der Waals surface area (Å²) in [5.41, 5.74) is 0.598. The molecule has 0 spiro atoms. The molecule has 154 valence electrons. The monoisotopic (exact) mass is 475 g/mol. The Morgan fingerprint density at radius 3 is 2.34 bits per heavy atom. The predicted octanol–water partition coefficient (Wildman–Crippen LogP) is 4.52. The Bertz CT molecular complexity index is 952. The molecule has 0 radical (unpaired) electrons. The summed E-state index contributed by atoms with van der Waals surface area (Å²) < 4.78 is 0. The van der Waals surface area contributed by atoms with Crippen molar-refractivity contribution in [3.8, 4) is 0 Å². The summed E-state index contributed by atoms with van der Waals surface area (Å²) in [4.78, 5) is 38.2. The van der Waals surface area contributed by atoms with Crippen LogP contribution >= 0.6 is 46.4 Å². The molecule has 0 bridgehead atoms. The molecule has 0 aliphatic carbocycles. The highest BCUT2D eigenvalue weighted by molar-refractivity contribution is 6.44. The molecule has 10 heteroatoms. The zero-order valence-corrected chi connectivity index (χ0v) is 18.5. The zero-order chi connectivity index (χ0) is 21.7. The lowest BCUT2D eigenvalue weighted by Gasteiger charge is -2.22. The number of carbonyl (C=O) groups excluding carboxylic acids is 3. The van der Waals surface area contributed by atoms with Crippen LogP contribution < -0.4 is 10.6 Å². The van der Waals surface area contributed by atoms with Crippen LogP contribution in [-0.4, -0.2) is 42.3 Å². The van der Waals surface area contributed by atoms with Crippen molar-refractivity contribution in [1.82, 2.24) is 10.2 Å². The van der Waals surface area contributed by atoms with Crippen molar-refractivity contribution >= 4 is 69.8 Å². The smallest absolute Gasteiger partial charge is 0.253 e. The topological polar surface area (TPSA) is 78.5 Å². The van der Waals surface area contributed by atoms with Gasteiger partial charge in [-0.2, -0.15) is 0 Å². The third-order valence-electron chi connectivity index (χ3n) is 3.87. The quantitative estimate of drug-likeness (QED) is 0.643. The maximum Gasteiger partial charge on any atom is 0.253 e. The summed E-state index contributed by atoms with van der Waals surface area (Å²) in [6, 6.07) is 8.37. The summed E-state index contributed by atoms with van der Waals surface area (Å²) in [5, 5.41) is 6.15. The van der Waals surface area contributed by atoms with Crippen molar-refractivity contribution in [3.05, 3.63) is 62.1 Å². The fourth-order valence-corrected chi connectivity index (χ4v) is 3.10. The molecule has 1 atom stereocenters. The van der Waals surface area contributed by atoms with Gasteiger partial charge < -0.3 is 15.5 Å². The van der Waals surface area contributed by atoms with Crippen LogP contribution in [0.1, 0.15) is 17.3 Å². The van der Waals surface area contributed by atoms with Crippen molar-refractivity contribution in [2.75, 3.05) is 18.9 Å². The van der Waals surface area contributed by atoms with Gasteiger partial charge >= 0.3 is 0 Å². The minimum atomic E-state index is -0.889. The molecule has 0 fully saturated rings. The van der Waals surface area contributed by atoms with Crippen LogP contribution in [0.5, 0.6) is 0 Å². The van der Waals surface area contributed by atoms with Crippen LogP contribution in [0.15, 0.2) is 36.4 Å². The molecular weight excluding hydrogens is 460 g/mol. The van der Waals surface area contributed by atoms with E-state index in [2.05, 4.69) is 10.6 Å². The van der Waals surface area contributed by atoms with E-state index < -0.39 is 23.8 Å². The second-order valence-corrected chi connectivity index (χ2v) is 7.77. The number of anilines is 1. The number of rotatable bonds is 6. The normalized spacial score (nSPS) is 11.5. The molecule has 6 nitrogen and oxygen atoms in total. The van der Waals surface area contributed by atoms with Gasteiger partial charge in [-0.1, -0.05) is 52.5 Å². The predicted molar refractivity (Wildman–Crippen MR) is 116 cm³/mol. The first-order chi connectivity index (χ1) is 13.6. The van der Waals surface area contributed by atoms with Gasteiger partial charge in [-0.25, -0.2) is 0 Å². The molecule has 2 aromatic carbocycles. The number of halogens is 4. The fourth-order valence-electron chi connectivity index (χ4n) is 2.41. The van der Waals surface area contributed by atoms with Gasteiger partial charge in [0.25, 0.3) is 5.91 Å². The molecule has 2 aromatic rings. The molecule has 0 aliphatic heterocycles. The Labute approximate surface area is 188 Å². The first kappa shape index (κ1) is 23.3. The second-order valence-electron chi connectivity index (χ2n) is 6.17. The molecule has 0 heterocycles. The first-order valence-electron chi connectivity index (χ1n) is 8.35.